The molecule has 6 nitrogen and oxygen atoms in total. The van der Waals surface area contributed by atoms with Gasteiger partial charge in [0.15, 0.2) is 18.1 Å². The molecule has 0 aromatic heterocycles. The molecule has 1 amide bonds. The van der Waals surface area contributed by atoms with Gasteiger partial charge in [-0.1, -0.05) is 24.0 Å². The highest BCUT2D eigenvalue weighted by molar-refractivity contribution is 5.77. The molecule has 3 rings (SSSR count). The number of carbonyl (C=O) groups is 1. The first-order chi connectivity index (χ1) is 14.5. The van der Waals surface area contributed by atoms with Crippen LogP contribution in [0.1, 0.15) is 26.3 Å². The molecule has 0 spiro atoms. The van der Waals surface area contributed by atoms with Crippen LogP contribution in [0.25, 0.3) is 0 Å². The van der Waals surface area contributed by atoms with Crippen molar-refractivity contribution in [2.45, 2.75) is 32.8 Å². The normalized spacial score (nSPS) is 13.3. The first-order valence-corrected chi connectivity index (χ1v) is 9.98. The van der Waals surface area contributed by atoms with E-state index in [1.807, 2.05) is 25.1 Å². The molecule has 30 heavy (non-hydrogen) atoms. The minimum Gasteiger partial charge on any atom is -0.494 e. The molecule has 1 aliphatic heterocycles. The van der Waals surface area contributed by atoms with E-state index in [1.165, 1.54) is 0 Å². The maximum Gasteiger partial charge on any atom is 0.258 e. The standard InChI is InChI=1S/C24H27NO5/c1-4-27-19-10-12-20(13-11-19)29-17-22(26)25-14-5-6-15-28-21-9-7-8-18-16-24(2,3)30-23(18)21/h7-13H,4,14-17H2,1-3H3,(H,25,26). The van der Waals surface area contributed by atoms with Crippen LogP contribution in [0.4, 0.5) is 0 Å². The van der Waals surface area contributed by atoms with Crippen molar-refractivity contribution in [1.29, 1.82) is 0 Å². The van der Waals surface area contributed by atoms with Gasteiger partial charge in [-0.25, -0.2) is 0 Å². The van der Waals surface area contributed by atoms with Crippen molar-refractivity contribution >= 4 is 5.91 Å². The Morgan fingerprint density at radius 2 is 1.80 bits per heavy atom. The third kappa shape index (κ3) is 6.08. The van der Waals surface area contributed by atoms with Gasteiger partial charge in [-0.05, 0) is 51.1 Å². The number of para-hydroxylation sites is 1. The summed E-state index contributed by atoms with van der Waals surface area (Å²) in [4.78, 5) is 11.9. The maximum atomic E-state index is 11.9. The Bertz CT molecular complexity index is 925. The van der Waals surface area contributed by atoms with Gasteiger partial charge in [0.25, 0.3) is 5.91 Å². The van der Waals surface area contributed by atoms with Crippen molar-refractivity contribution in [1.82, 2.24) is 5.32 Å². The summed E-state index contributed by atoms with van der Waals surface area (Å²) in [5.74, 6) is 8.39. The number of carbonyl (C=O) groups excluding carboxylic acids is 1. The Morgan fingerprint density at radius 1 is 1.07 bits per heavy atom. The minimum absolute atomic E-state index is 0.0740. The number of amides is 1. The molecular weight excluding hydrogens is 382 g/mol. The molecule has 1 aliphatic rings. The predicted molar refractivity (Wildman–Crippen MR) is 114 cm³/mol. The van der Waals surface area contributed by atoms with E-state index in [9.17, 15) is 4.79 Å². The van der Waals surface area contributed by atoms with Gasteiger partial charge in [0.2, 0.25) is 0 Å². The largest absolute Gasteiger partial charge is 0.494 e. The quantitative estimate of drug-likeness (QED) is 0.677. The minimum atomic E-state index is -0.240. The predicted octanol–water partition coefficient (Wildman–Crippen LogP) is 3.38. The first-order valence-electron chi connectivity index (χ1n) is 9.98. The van der Waals surface area contributed by atoms with E-state index in [0.717, 1.165) is 23.5 Å². The van der Waals surface area contributed by atoms with Crippen molar-refractivity contribution in [2.24, 2.45) is 0 Å². The zero-order chi connectivity index (χ0) is 21.4. The number of benzene rings is 2. The Hall–Kier alpha value is -3.33. The number of hydrogen-bond donors (Lipinski definition) is 1. The number of ether oxygens (including phenoxy) is 4. The molecule has 0 atom stereocenters. The molecule has 2 aromatic carbocycles. The van der Waals surface area contributed by atoms with E-state index in [0.29, 0.717) is 18.1 Å². The Balaban J connectivity index is 1.36. The third-order valence-electron chi connectivity index (χ3n) is 4.36. The summed E-state index contributed by atoms with van der Waals surface area (Å²) < 4.78 is 22.5. The van der Waals surface area contributed by atoms with E-state index < -0.39 is 0 Å². The zero-order valence-electron chi connectivity index (χ0n) is 17.6. The number of rotatable bonds is 8. The lowest BCUT2D eigenvalue weighted by atomic mass is 10.0. The molecule has 0 unspecified atom stereocenters. The van der Waals surface area contributed by atoms with E-state index >= 15 is 0 Å². The summed E-state index contributed by atoms with van der Waals surface area (Å²) in [5, 5.41) is 2.69. The van der Waals surface area contributed by atoms with Gasteiger partial charge in [0.1, 0.15) is 23.7 Å². The zero-order valence-corrected chi connectivity index (χ0v) is 17.6. The first kappa shape index (κ1) is 21.4. The number of nitrogens with one attached hydrogen (secondary N) is 1. The topological polar surface area (TPSA) is 66.0 Å². The van der Waals surface area contributed by atoms with Crippen LogP contribution in [0.5, 0.6) is 23.0 Å². The Morgan fingerprint density at radius 3 is 2.53 bits per heavy atom. The van der Waals surface area contributed by atoms with E-state index in [-0.39, 0.29) is 31.3 Å². The molecule has 2 aromatic rings. The fourth-order valence-electron chi connectivity index (χ4n) is 3.07. The Labute approximate surface area is 177 Å². The van der Waals surface area contributed by atoms with Crippen LogP contribution >= 0.6 is 0 Å². The molecule has 0 aliphatic carbocycles. The average Bonchev–Trinajstić information content (AvgIpc) is 3.05. The maximum absolute atomic E-state index is 11.9. The SMILES string of the molecule is CCOc1ccc(OCC(=O)NCC#CCOc2cccc3c2OC(C)(C)C3)cc1. The highest BCUT2D eigenvalue weighted by atomic mass is 16.5. The third-order valence-corrected chi connectivity index (χ3v) is 4.36. The van der Waals surface area contributed by atoms with Gasteiger partial charge in [0.05, 0.1) is 13.2 Å². The number of fused-ring (bicyclic) bond motifs is 1. The summed E-state index contributed by atoms with van der Waals surface area (Å²) in [6.07, 6.45) is 0.857. The fraction of sp³-hybridized carbons (Fsp3) is 0.375. The average molecular weight is 409 g/mol. The van der Waals surface area contributed by atoms with Gasteiger partial charge in [-0.3, -0.25) is 4.79 Å². The summed E-state index contributed by atoms with van der Waals surface area (Å²) in [6, 6.07) is 13.0. The van der Waals surface area contributed by atoms with Crippen molar-refractivity contribution in [3.63, 3.8) is 0 Å². The van der Waals surface area contributed by atoms with E-state index in [2.05, 4.69) is 31.0 Å². The monoisotopic (exact) mass is 409 g/mol. The lowest BCUT2D eigenvalue weighted by molar-refractivity contribution is -0.122. The molecule has 1 heterocycles. The molecular formula is C24H27NO5. The second-order valence-electron chi connectivity index (χ2n) is 7.39. The van der Waals surface area contributed by atoms with Crippen LogP contribution in [-0.2, 0) is 11.2 Å². The van der Waals surface area contributed by atoms with Gasteiger partial charge in [-0.15, -0.1) is 0 Å². The molecule has 158 valence electrons. The molecule has 6 heteroatoms. The van der Waals surface area contributed by atoms with Crippen LogP contribution in [-0.4, -0.2) is 37.9 Å². The van der Waals surface area contributed by atoms with Crippen molar-refractivity contribution < 1.29 is 23.7 Å². The highest BCUT2D eigenvalue weighted by Crippen LogP contribution is 2.41. The van der Waals surface area contributed by atoms with Crippen LogP contribution in [0.3, 0.4) is 0 Å². The number of hydrogen-bond acceptors (Lipinski definition) is 5. The summed E-state index contributed by atoms with van der Waals surface area (Å²) in [6.45, 7) is 7.01. The molecule has 1 N–H and O–H groups in total. The second-order valence-corrected chi connectivity index (χ2v) is 7.39. The summed E-state index contributed by atoms with van der Waals surface area (Å²) in [5.41, 5.74) is 0.927. The van der Waals surface area contributed by atoms with Crippen LogP contribution in [0, 0.1) is 11.8 Å². The smallest absolute Gasteiger partial charge is 0.258 e. The Kier molecular flexibility index (Phi) is 7.08. The lowest BCUT2D eigenvalue weighted by Crippen LogP contribution is -2.29. The lowest BCUT2D eigenvalue weighted by Gasteiger charge is -2.17. The molecule has 0 fully saturated rings. The second kappa shape index (κ2) is 9.93. The molecule has 0 bridgehead atoms. The fourth-order valence-corrected chi connectivity index (χ4v) is 3.07. The van der Waals surface area contributed by atoms with Gasteiger partial charge < -0.3 is 24.3 Å². The van der Waals surface area contributed by atoms with Crippen molar-refractivity contribution in [3.05, 3.63) is 48.0 Å². The molecule has 0 saturated heterocycles. The van der Waals surface area contributed by atoms with Gasteiger partial charge in [-0.2, -0.15) is 0 Å². The van der Waals surface area contributed by atoms with E-state index in [4.69, 9.17) is 18.9 Å². The van der Waals surface area contributed by atoms with Crippen LogP contribution in [0.2, 0.25) is 0 Å². The molecule has 0 saturated carbocycles. The van der Waals surface area contributed by atoms with Crippen molar-refractivity contribution in [2.75, 3.05) is 26.4 Å². The highest BCUT2D eigenvalue weighted by Gasteiger charge is 2.32. The summed E-state index contributed by atoms with van der Waals surface area (Å²) >= 11 is 0. The van der Waals surface area contributed by atoms with E-state index in [1.54, 1.807) is 24.3 Å². The van der Waals surface area contributed by atoms with Crippen LogP contribution < -0.4 is 24.3 Å². The summed E-state index contributed by atoms with van der Waals surface area (Å²) in [7, 11) is 0. The molecule has 0 radical (unpaired) electrons. The van der Waals surface area contributed by atoms with Crippen molar-refractivity contribution in [3.8, 4) is 34.8 Å². The van der Waals surface area contributed by atoms with Gasteiger partial charge in [0, 0.05) is 12.0 Å². The van der Waals surface area contributed by atoms with Gasteiger partial charge >= 0.3 is 0 Å². The van der Waals surface area contributed by atoms with Crippen LogP contribution in [0.15, 0.2) is 42.5 Å².